The maximum atomic E-state index is 14.2. The second-order valence-electron chi connectivity index (χ2n) is 16.0. The van der Waals surface area contributed by atoms with Gasteiger partial charge in [-0.2, -0.15) is 0 Å². The highest BCUT2D eigenvalue weighted by atomic mass is 16.3. The van der Waals surface area contributed by atoms with Crippen LogP contribution in [0.2, 0.25) is 0 Å². The molecule has 0 spiro atoms. The summed E-state index contributed by atoms with van der Waals surface area (Å²) in [6, 6.07) is 6.92. The second-order valence-corrected chi connectivity index (χ2v) is 16.0. The van der Waals surface area contributed by atoms with Gasteiger partial charge in [0.2, 0.25) is 41.4 Å². The van der Waals surface area contributed by atoms with E-state index in [4.69, 9.17) is 17.2 Å². The summed E-state index contributed by atoms with van der Waals surface area (Å²) in [5.74, 6) is -7.03. The summed E-state index contributed by atoms with van der Waals surface area (Å²) in [4.78, 5) is 110. The molecule has 0 aliphatic carbocycles. The molecule has 9 atom stereocenters. The zero-order valence-corrected chi connectivity index (χ0v) is 36.5. The fourth-order valence-corrected chi connectivity index (χ4v) is 6.84. The molecule has 1 heterocycles. The van der Waals surface area contributed by atoms with E-state index >= 15 is 0 Å². The van der Waals surface area contributed by atoms with E-state index in [1.165, 1.54) is 19.1 Å². The van der Waals surface area contributed by atoms with Gasteiger partial charge in [-0.3, -0.25) is 38.4 Å². The summed E-state index contributed by atoms with van der Waals surface area (Å²) >= 11 is 0. The second kappa shape index (κ2) is 26.6. The number of rotatable bonds is 14. The Kier molecular flexibility index (Phi) is 21.7. The molecule has 8 amide bonds. The SMILES string of the molecule is CC(C)C[C@@H]1NC(=O)[C@@H](Cc2ccccc2)NC(=O)[C@H](CCN)NC(=O)[C@@H](NC(=O)[C@H](O)c2ccccc2)CCNC(=O)[C@H]([C@@H](C)O)NC(=O)[C@H](CCN)NC(=O)[C@H](CCN)NC1=O. The van der Waals surface area contributed by atoms with Gasteiger partial charge >= 0.3 is 0 Å². The predicted octanol–water partition coefficient (Wildman–Crippen LogP) is -3.65. The highest BCUT2D eigenvalue weighted by Gasteiger charge is 2.35. The minimum atomic E-state index is -1.72. The molecule has 3 rings (SSSR count). The van der Waals surface area contributed by atoms with E-state index < -0.39 is 102 Å². The molecular weight excluding hydrogens is 831 g/mol. The summed E-state index contributed by atoms with van der Waals surface area (Å²) in [6.07, 6.45) is -3.81. The van der Waals surface area contributed by atoms with Crippen molar-refractivity contribution in [1.82, 2.24) is 42.5 Å². The van der Waals surface area contributed by atoms with E-state index in [1.807, 2.05) is 13.8 Å². The van der Waals surface area contributed by atoms with Crippen LogP contribution >= 0.6 is 0 Å². The molecule has 2 aromatic carbocycles. The normalized spacial score (nSPS) is 24.7. The lowest BCUT2D eigenvalue weighted by atomic mass is 10.00. The first-order chi connectivity index (χ1) is 30.5. The zero-order chi connectivity index (χ0) is 47.3. The third kappa shape index (κ3) is 16.6. The molecule has 0 radical (unpaired) electrons. The molecule has 0 aromatic heterocycles. The number of carbonyl (C=O) groups is 8. The Bertz CT molecular complexity index is 1870. The number of nitrogens with one attached hydrogen (secondary N) is 8. The van der Waals surface area contributed by atoms with Crippen molar-refractivity contribution in [2.24, 2.45) is 23.1 Å². The third-order valence-corrected chi connectivity index (χ3v) is 10.3. The molecular formula is C43H65N11O10. The molecule has 1 saturated heterocycles. The van der Waals surface area contributed by atoms with Gasteiger partial charge in [0.05, 0.1) is 6.10 Å². The molecule has 0 bridgehead atoms. The first-order valence-corrected chi connectivity index (χ1v) is 21.4. The molecule has 0 unspecified atom stereocenters. The molecule has 1 aliphatic heterocycles. The highest BCUT2D eigenvalue weighted by Crippen LogP contribution is 2.14. The van der Waals surface area contributed by atoms with Gasteiger partial charge < -0.3 is 69.9 Å². The highest BCUT2D eigenvalue weighted by molar-refractivity contribution is 5.98. The van der Waals surface area contributed by atoms with Crippen molar-refractivity contribution in [2.75, 3.05) is 26.2 Å². The Hall–Kier alpha value is -6.00. The molecule has 352 valence electrons. The van der Waals surface area contributed by atoms with Crippen LogP contribution in [-0.4, -0.2) is 132 Å². The van der Waals surface area contributed by atoms with E-state index in [0.717, 1.165) is 0 Å². The van der Waals surface area contributed by atoms with Crippen molar-refractivity contribution in [3.8, 4) is 0 Å². The van der Waals surface area contributed by atoms with Crippen molar-refractivity contribution in [3.63, 3.8) is 0 Å². The maximum Gasteiger partial charge on any atom is 0.254 e. The number of hydrogen-bond acceptors (Lipinski definition) is 13. The number of amides is 8. The van der Waals surface area contributed by atoms with Gasteiger partial charge in [-0.15, -0.1) is 0 Å². The molecule has 21 nitrogen and oxygen atoms in total. The Morgan fingerprint density at radius 3 is 1.55 bits per heavy atom. The van der Waals surface area contributed by atoms with Crippen LogP contribution in [0.15, 0.2) is 60.7 Å². The van der Waals surface area contributed by atoms with Gasteiger partial charge in [0.15, 0.2) is 6.10 Å². The van der Waals surface area contributed by atoms with Gasteiger partial charge in [-0.1, -0.05) is 74.5 Å². The van der Waals surface area contributed by atoms with Crippen LogP contribution in [0.3, 0.4) is 0 Å². The predicted molar refractivity (Wildman–Crippen MR) is 235 cm³/mol. The number of aliphatic hydroxyl groups is 2. The van der Waals surface area contributed by atoms with Gasteiger partial charge in [-0.25, -0.2) is 0 Å². The smallest absolute Gasteiger partial charge is 0.254 e. The average molecular weight is 896 g/mol. The van der Waals surface area contributed by atoms with E-state index in [1.54, 1.807) is 48.5 Å². The molecule has 2 aromatic rings. The van der Waals surface area contributed by atoms with Crippen LogP contribution in [0.25, 0.3) is 0 Å². The lowest BCUT2D eigenvalue weighted by molar-refractivity contribution is -0.136. The van der Waals surface area contributed by atoms with Crippen molar-refractivity contribution in [2.45, 2.75) is 114 Å². The van der Waals surface area contributed by atoms with E-state index in [2.05, 4.69) is 42.5 Å². The van der Waals surface area contributed by atoms with Crippen molar-refractivity contribution >= 4 is 47.3 Å². The number of hydrogen-bond donors (Lipinski definition) is 13. The van der Waals surface area contributed by atoms with Gasteiger partial charge in [0, 0.05) is 13.0 Å². The number of nitrogens with two attached hydrogens (primary N) is 3. The third-order valence-electron chi connectivity index (χ3n) is 10.3. The van der Waals surface area contributed by atoms with Gasteiger partial charge in [-0.05, 0) is 75.7 Å². The monoisotopic (exact) mass is 895 g/mol. The topological polar surface area (TPSA) is 351 Å². The summed E-state index contributed by atoms with van der Waals surface area (Å²) in [5.41, 5.74) is 18.3. The fraction of sp³-hybridized carbons (Fsp3) is 0.535. The maximum absolute atomic E-state index is 14.2. The largest absolute Gasteiger partial charge is 0.391 e. The molecule has 16 N–H and O–H groups in total. The Labute approximate surface area is 372 Å². The fourth-order valence-electron chi connectivity index (χ4n) is 6.84. The Balaban J connectivity index is 2.11. The average Bonchev–Trinajstić information content (AvgIpc) is 3.26. The van der Waals surface area contributed by atoms with Crippen LogP contribution in [0.1, 0.15) is 70.1 Å². The number of aliphatic hydroxyl groups excluding tert-OH is 2. The number of benzene rings is 2. The quantitative estimate of drug-likeness (QED) is 0.0872. The summed E-state index contributed by atoms with van der Waals surface area (Å²) < 4.78 is 0. The lowest BCUT2D eigenvalue weighted by Gasteiger charge is -2.28. The van der Waals surface area contributed by atoms with E-state index in [0.29, 0.717) is 5.56 Å². The molecule has 1 fully saturated rings. The van der Waals surface area contributed by atoms with Crippen LogP contribution < -0.4 is 59.7 Å². The van der Waals surface area contributed by atoms with Crippen LogP contribution in [0.5, 0.6) is 0 Å². The van der Waals surface area contributed by atoms with E-state index in [-0.39, 0.29) is 76.2 Å². The minimum absolute atomic E-state index is 0.0519. The molecule has 21 heteroatoms. The van der Waals surface area contributed by atoms with Crippen molar-refractivity contribution in [1.29, 1.82) is 0 Å². The van der Waals surface area contributed by atoms with Crippen LogP contribution in [0.4, 0.5) is 0 Å². The van der Waals surface area contributed by atoms with E-state index in [9.17, 15) is 48.6 Å². The van der Waals surface area contributed by atoms with Gasteiger partial charge in [0.1, 0.15) is 42.3 Å². The van der Waals surface area contributed by atoms with Crippen molar-refractivity contribution < 1.29 is 48.6 Å². The molecule has 1 aliphatic rings. The van der Waals surface area contributed by atoms with Gasteiger partial charge in [0.25, 0.3) is 5.91 Å². The van der Waals surface area contributed by atoms with Crippen molar-refractivity contribution in [3.05, 3.63) is 71.8 Å². The zero-order valence-electron chi connectivity index (χ0n) is 36.5. The summed E-state index contributed by atoms with van der Waals surface area (Å²) in [6.45, 7) is 4.24. The summed E-state index contributed by atoms with van der Waals surface area (Å²) in [5, 5.41) is 42.0. The Morgan fingerprint density at radius 2 is 1.05 bits per heavy atom. The standard InChI is InChI=1S/C43H65N11O10/c1-24(2)22-32-40(61)50-28(14-18-44)36(57)49-30(16-20-46)39(60)54-34(25(3)55)42(63)47-21-17-31(51-43(64)35(56)27-12-8-5-9-13-27)38(59)48-29(15-19-45)37(58)53-33(41(62)52-32)23-26-10-6-4-7-11-26/h4-13,24-25,28-35,55-56H,14-23,44-46H2,1-3H3,(H,47,63)(H,48,59)(H,49,57)(H,50,61)(H,51,64)(H,52,62)(H,53,58)(H,54,60)/t25-,28+,29+,30+,31+,32+,33-,34+,35-/m1/s1. The number of carbonyl (C=O) groups excluding carboxylic acids is 8. The first kappa shape index (κ1) is 52.3. The molecule has 64 heavy (non-hydrogen) atoms. The van der Waals surface area contributed by atoms with Crippen LogP contribution in [-0.2, 0) is 44.8 Å². The van der Waals surface area contributed by atoms with Crippen LogP contribution in [0, 0.1) is 5.92 Å². The lowest BCUT2D eigenvalue weighted by Crippen LogP contribution is -2.61. The first-order valence-electron chi connectivity index (χ1n) is 21.4. The molecule has 0 saturated carbocycles. The summed E-state index contributed by atoms with van der Waals surface area (Å²) in [7, 11) is 0. The minimum Gasteiger partial charge on any atom is -0.391 e. The Morgan fingerprint density at radius 1 is 0.609 bits per heavy atom.